The number of hydrogen-bond acceptors (Lipinski definition) is 3. The molecule has 0 aliphatic carbocycles. The normalized spacial score (nSPS) is 9.09. The molecule has 0 spiro atoms. The molecule has 0 radical (unpaired) electrons. The lowest BCUT2D eigenvalue weighted by Crippen LogP contribution is -1.89. The summed E-state index contributed by atoms with van der Waals surface area (Å²) < 4.78 is 0. The van der Waals surface area contributed by atoms with Crippen molar-refractivity contribution in [2.24, 2.45) is 0 Å². The maximum Gasteiger partial charge on any atom is 0.141 e. The van der Waals surface area contributed by atoms with E-state index in [9.17, 15) is 5.11 Å². The molecular formula is C8H8N2O. The first-order valence-electron chi connectivity index (χ1n) is 3.26. The monoisotopic (exact) mass is 148 g/mol. The highest BCUT2D eigenvalue weighted by Gasteiger charge is 2.02. The molecule has 0 bridgehead atoms. The zero-order valence-corrected chi connectivity index (χ0v) is 6.20. The summed E-state index contributed by atoms with van der Waals surface area (Å²) in [5.41, 5.74) is 1.21. The Morgan fingerprint density at radius 2 is 2.45 bits per heavy atom. The zero-order valence-electron chi connectivity index (χ0n) is 6.20. The Labute approximate surface area is 64.9 Å². The Balaban J connectivity index is 3.08. The molecule has 0 aliphatic heterocycles. The second-order valence-electron chi connectivity index (χ2n) is 2.26. The average molecular weight is 148 g/mol. The first-order chi connectivity index (χ1) is 5.25. The van der Waals surface area contributed by atoms with Crippen LogP contribution in [-0.4, -0.2) is 10.1 Å². The van der Waals surface area contributed by atoms with Crippen molar-refractivity contribution in [3.63, 3.8) is 0 Å². The van der Waals surface area contributed by atoms with Gasteiger partial charge < -0.3 is 5.11 Å². The van der Waals surface area contributed by atoms with Crippen LogP contribution >= 0.6 is 0 Å². The Kier molecular flexibility index (Phi) is 2.07. The molecule has 0 saturated carbocycles. The average Bonchev–Trinajstić information content (AvgIpc) is 1.99. The highest BCUT2D eigenvalue weighted by atomic mass is 16.3. The predicted molar refractivity (Wildman–Crippen MR) is 40.0 cm³/mol. The Hall–Kier alpha value is -1.56. The lowest BCUT2D eigenvalue weighted by Gasteiger charge is -2.00. The van der Waals surface area contributed by atoms with E-state index in [1.165, 1.54) is 0 Å². The van der Waals surface area contributed by atoms with Crippen LogP contribution in [0.1, 0.15) is 11.3 Å². The molecule has 3 heteroatoms. The molecule has 1 aromatic heterocycles. The Morgan fingerprint density at radius 1 is 1.73 bits per heavy atom. The predicted octanol–water partition coefficient (Wildman–Crippen LogP) is 1.16. The third-order valence-electron chi connectivity index (χ3n) is 1.45. The molecule has 0 saturated heterocycles. The third kappa shape index (κ3) is 1.47. The van der Waals surface area contributed by atoms with Crippen LogP contribution in [0.5, 0.6) is 5.75 Å². The van der Waals surface area contributed by atoms with Crippen LogP contribution in [0.3, 0.4) is 0 Å². The number of nitriles is 1. The molecule has 0 amide bonds. The number of aromatic nitrogens is 1. The van der Waals surface area contributed by atoms with Gasteiger partial charge in [-0.15, -0.1) is 0 Å². The molecule has 0 aromatic carbocycles. The molecule has 0 atom stereocenters. The van der Waals surface area contributed by atoms with Crippen molar-refractivity contribution in [1.29, 1.82) is 5.26 Å². The van der Waals surface area contributed by atoms with E-state index < -0.39 is 0 Å². The minimum absolute atomic E-state index is 0.133. The van der Waals surface area contributed by atoms with Crippen molar-refractivity contribution in [3.8, 4) is 11.8 Å². The van der Waals surface area contributed by atoms with Crippen LogP contribution in [0.4, 0.5) is 0 Å². The summed E-state index contributed by atoms with van der Waals surface area (Å²) in [6.07, 6.45) is 1.75. The fourth-order valence-corrected chi connectivity index (χ4v) is 0.811. The van der Waals surface area contributed by atoms with Crippen molar-refractivity contribution < 1.29 is 5.11 Å². The van der Waals surface area contributed by atoms with Gasteiger partial charge in [0.05, 0.1) is 18.2 Å². The number of rotatable bonds is 1. The number of aryl methyl sites for hydroxylation is 1. The van der Waals surface area contributed by atoms with E-state index in [0.29, 0.717) is 5.69 Å². The molecular weight excluding hydrogens is 140 g/mol. The van der Waals surface area contributed by atoms with Gasteiger partial charge in [-0.2, -0.15) is 5.26 Å². The number of hydrogen-bond donors (Lipinski definition) is 1. The van der Waals surface area contributed by atoms with Crippen LogP contribution in [-0.2, 0) is 6.42 Å². The molecule has 11 heavy (non-hydrogen) atoms. The van der Waals surface area contributed by atoms with Gasteiger partial charge in [0.1, 0.15) is 5.75 Å². The van der Waals surface area contributed by atoms with Gasteiger partial charge in [0.25, 0.3) is 0 Å². The standard InChI is InChI=1S/C8H8N2O/c1-6-3-5-10-7(2-4-9)8(6)11/h3,5,11H,2H2,1H3. The first-order valence-corrected chi connectivity index (χ1v) is 3.26. The van der Waals surface area contributed by atoms with E-state index in [4.69, 9.17) is 5.26 Å². The van der Waals surface area contributed by atoms with Gasteiger partial charge in [-0.3, -0.25) is 4.98 Å². The SMILES string of the molecule is Cc1ccnc(CC#N)c1O. The van der Waals surface area contributed by atoms with E-state index in [-0.39, 0.29) is 12.2 Å². The molecule has 1 rings (SSSR count). The van der Waals surface area contributed by atoms with Crippen molar-refractivity contribution in [1.82, 2.24) is 4.98 Å². The molecule has 1 N–H and O–H groups in total. The Morgan fingerprint density at radius 3 is 3.09 bits per heavy atom. The largest absolute Gasteiger partial charge is 0.506 e. The van der Waals surface area contributed by atoms with E-state index in [1.54, 1.807) is 19.2 Å². The van der Waals surface area contributed by atoms with Crippen molar-refractivity contribution in [2.45, 2.75) is 13.3 Å². The minimum atomic E-state index is 0.133. The summed E-state index contributed by atoms with van der Waals surface area (Å²) >= 11 is 0. The van der Waals surface area contributed by atoms with E-state index in [0.717, 1.165) is 5.56 Å². The molecule has 56 valence electrons. The minimum Gasteiger partial charge on any atom is -0.506 e. The molecule has 3 nitrogen and oxygen atoms in total. The molecule has 1 heterocycles. The summed E-state index contributed by atoms with van der Waals surface area (Å²) in [6, 6.07) is 3.63. The molecule has 1 aromatic rings. The first kappa shape index (κ1) is 7.55. The number of aromatic hydroxyl groups is 1. The lowest BCUT2D eigenvalue weighted by molar-refractivity contribution is 0.462. The van der Waals surface area contributed by atoms with Crippen LogP contribution in [0.15, 0.2) is 12.3 Å². The summed E-state index contributed by atoms with van der Waals surface area (Å²) in [4.78, 5) is 3.86. The lowest BCUT2D eigenvalue weighted by atomic mass is 10.2. The zero-order chi connectivity index (χ0) is 8.27. The number of nitrogens with zero attached hydrogens (tertiary/aromatic N) is 2. The number of pyridine rings is 1. The highest BCUT2D eigenvalue weighted by Crippen LogP contribution is 2.18. The van der Waals surface area contributed by atoms with E-state index >= 15 is 0 Å². The Bertz CT molecular complexity index is 301. The second-order valence-corrected chi connectivity index (χ2v) is 2.26. The van der Waals surface area contributed by atoms with E-state index in [2.05, 4.69) is 4.98 Å². The fraction of sp³-hybridized carbons (Fsp3) is 0.250. The molecule has 0 fully saturated rings. The van der Waals surface area contributed by atoms with Crippen molar-refractivity contribution >= 4 is 0 Å². The van der Waals surface area contributed by atoms with Crippen molar-refractivity contribution in [3.05, 3.63) is 23.5 Å². The topological polar surface area (TPSA) is 56.9 Å². The van der Waals surface area contributed by atoms with Crippen molar-refractivity contribution in [2.75, 3.05) is 0 Å². The quantitative estimate of drug-likeness (QED) is 0.650. The van der Waals surface area contributed by atoms with Gasteiger partial charge in [0, 0.05) is 6.20 Å². The van der Waals surface area contributed by atoms with Crippen LogP contribution in [0, 0.1) is 18.3 Å². The highest BCUT2D eigenvalue weighted by molar-refractivity contribution is 5.35. The van der Waals surface area contributed by atoms with Gasteiger partial charge in [-0.25, -0.2) is 0 Å². The summed E-state index contributed by atoms with van der Waals surface area (Å²) in [6.45, 7) is 1.78. The van der Waals surface area contributed by atoms with Crippen LogP contribution in [0.2, 0.25) is 0 Å². The smallest absolute Gasteiger partial charge is 0.141 e. The maximum absolute atomic E-state index is 9.32. The van der Waals surface area contributed by atoms with Gasteiger partial charge in [0.15, 0.2) is 0 Å². The van der Waals surface area contributed by atoms with E-state index in [1.807, 2.05) is 6.07 Å². The third-order valence-corrected chi connectivity index (χ3v) is 1.45. The summed E-state index contributed by atoms with van der Waals surface area (Å²) in [7, 11) is 0. The van der Waals surface area contributed by atoms with Gasteiger partial charge in [0.2, 0.25) is 0 Å². The van der Waals surface area contributed by atoms with Gasteiger partial charge >= 0.3 is 0 Å². The molecule has 0 unspecified atom stereocenters. The van der Waals surface area contributed by atoms with Gasteiger partial charge in [-0.1, -0.05) is 0 Å². The summed E-state index contributed by atoms with van der Waals surface area (Å²) in [5.74, 6) is 0.133. The second kappa shape index (κ2) is 3.02. The molecule has 0 aliphatic rings. The van der Waals surface area contributed by atoms with Crippen LogP contribution < -0.4 is 0 Å². The van der Waals surface area contributed by atoms with Gasteiger partial charge in [-0.05, 0) is 18.6 Å². The van der Waals surface area contributed by atoms with Crippen LogP contribution in [0.25, 0.3) is 0 Å². The maximum atomic E-state index is 9.32. The summed E-state index contributed by atoms with van der Waals surface area (Å²) in [5, 5.41) is 17.6. The fourth-order valence-electron chi connectivity index (χ4n) is 0.811.